The molecule has 5 nitrogen and oxygen atoms in total. The number of epoxide rings is 1. The second-order valence-electron chi connectivity index (χ2n) is 5.88. The first kappa shape index (κ1) is 16.1. The van der Waals surface area contributed by atoms with Crippen LogP contribution in [0.2, 0.25) is 0 Å². The van der Waals surface area contributed by atoms with Crippen molar-refractivity contribution >= 4 is 35.0 Å². The van der Waals surface area contributed by atoms with E-state index in [2.05, 4.69) is 5.32 Å². The molecule has 2 aromatic rings. The Labute approximate surface area is 149 Å². The van der Waals surface area contributed by atoms with Gasteiger partial charge in [-0.1, -0.05) is 12.1 Å². The summed E-state index contributed by atoms with van der Waals surface area (Å²) in [6.45, 7) is 1.18. The Bertz CT molecular complexity index is 874. The Balaban J connectivity index is 1.72. The smallest absolute Gasteiger partial charge is 0.256 e. The summed E-state index contributed by atoms with van der Waals surface area (Å²) in [5.74, 6) is 0.574. The minimum Gasteiger partial charge on any atom is -0.507 e. The Morgan fingerprint density at radius 3 is 2.96 bits per heavy atom. The van der Waals surface area contributed by atoms with E-state index in [0.717, 1.165) is 10.5 Å². The van der Waals surface area contributed by atoms with Gasteiger partial charge in [0.15, 0.2) is 0 Å². The molecule has 0 radical (unpaired) electrons. The molecular weight excluding hydrogens is 338 g/mol. The highest BCUT2D eigenvalue weighted by Gasteiger charge is 2.29. The molecule has 128 valence electrons. The number of benzene rings is 2. The topological polar surface area (TPSA) is 71.1 Å². The first-order valence-corrected chi connectivity index (χ1v) is 9.16. The van der Waals surface area contributed by atoms with E-state index in [9.17, 15) is 9.90 Å². The molecular formula is C19H17NO4S. The molecule has 2 N–H and O–H groups in total. The van der Waals surface area contributed by atoms with Crippen LogP contribution in [0.15, 0.2) is 41.3 Å². The van der Waals surface area contributed by atoms with E-state index in [4.69, 9.17) is 9.47 Å². The summed E-state index contributed by atoms with van der Waals surface area (Å²) >= 11 is 1.55. The summed E-state index contributed by atoms with van der Waals surface area (Å²) in [4.78, 5) is 13.4. The second kappa shape index (κ2) is 6.46. The number of carbonyl (C=O) groups excluding carboxylic acids is 1. The third kappa shape index (κ3) is 3.23. The van der Waals surface area contributed by atoms with Crippen molar-refractivity contribution in [3.63, 3.8) is 0 Å². The monoisotopic (exact) mass is 355 g/mol. The lowest BCUT2D eigenvalue weighted by molar-refractivity contribution is -0.110. The number of phenols is 1. The molecule has 1 amide bonds. The lowest BCUT2D eigenvalue weighted by Gasteiger charge is -2.10. The van der Waals surface area contributed by atoms with Crippen molar-refractivity contribution in [2.45, 2.75) is 11.0 Å². The molecule has 4 rings (SSSR count). The van der Waals surface area contributed by atoms with Gasteiger partial charge in [0.2, 0.25) is 0 Å². The van der Waals surface area contributed by atoms with Crippen molar-refractivity contribution in [1.82, 2.24) is 0 Å². The van der Waals surface area contributed by atoms with E-state index in [1.807, 2.05) is 30.5 Å². The largest absolute Gasteiger partial charge is 0.507 e. The summed E-state index contributed by atoms with van der Waals surface area (Å²) in [6, 6.07) is 10.9. The van der Waals surface area contributed by atoms with Crippen LogP contribution in [0.25, 0.3) is 11.6 Å². The van der Waals surface area contributed by atoms with Crippen molar-refractivity contribution in [3.05, 3.63) is 47.5 Å². The van der Waals surface area contributed by atoms with Crippen LogP contribution in [0.1, 0.15) is 11.1 Å². The highest BCUT2D eigenvalue weighted by Crippen LogP contribution is 2.41. The van der Waals surface area contributed by atoms with E-state index < -0.39 is 0 Å². The van der Waals surface area contributed by atoms with Gasteiger partial charge >= 0.3 is 0 Å². The number of amides is 1. The molecule has 2 heterocycles. The number of thioether (sulfide) groups is 1. The van der Waals surface area contributed by atoms with Crippen molar-refractivity contribution < 1.29 is 19.4 Å². The van der Waals surface area contributed by atoms with Gasteiger partial charge in [0.05, 0.1) is 23.4 Å². The zero-order valence-corrected chi connectivity index (χ0v) is 14.4. The van der Waals surface area contributed by atoms with Gasteiger partial charge in [-0.15, -0.1) is 11.8 Å². The van der Waals surface area contributed by atoms with Gasteiger partial charge in [-0.25, -0.2) is 0 Å². The SMILES string of the molecule is CSc1ccc(/C=C2\C(=O)Nc3cccc(OCC4CO4)c32)c(O)c1. The minimum absolute atomic E-state index is 0.136. The lowest BCUT2D eigenvalue weighted by Crippen LogP contribution is -2.05. The molecule has 0 spiro atoms. The summed E-state index contributed by atoms with van der Waals surface area (Å²) < 4.78 is 11.0. The average Bonchev–Trinajstić information content (AvgIpc) is 3.38. The van der Waals surface area contributed by atoms with Crippen molar-refractivity contribution in [3.8, 4) is 11.5 Å². The number of hydrogen-bond donors (Lipinski definition) is 2. The average molecular weight is 355 g/mol. The molecule has 6 heteroatoms. The van der Waals surface area contributed by atoms with Gasteiger partial charge in [0.1, 0.15) is 24.2 Å². The van der Waals surface area contributed by atoms with Crippen LogP contribution in [0, 0.1) is 0 Å². The standard InChI is InChI=1S/C19H17NO4S/c1-25-13-6-5-11(16(21)8-13)7-14-18-15(20-19(14)22)3-2-4-17(18)24-10-12-9-23-12/h2-8,12,21H,9-10H2,1H3,(H,20,22)/b14-7-. The number of ether oxygens (including phenoxy) is 2. The highest BCUT2D eigenvalue weighted by atomic mass is 32.2. The molecule has 2 aromatic carbocycles. The van der Waals surface area contributed by atoms with E-state index >= 15 is 0 Å². The molecule has 0 bridgehead atoms. The molecule has 1 fully saturated rings. The van der Waals surface area contributed by atoms with Crippen LogP contribution in [0.4, 0.5) is 5.69 Å². The van der Waals surface area contributed by atoms with Crippen molar-refractivity contribution in [1.29, 1.82) is 0 Å². The summed E-state index contributed by atoms with van der Waals surface area (Å²) in [5, 5.41) is 13.1. The van der Waals surface area contributed by atoms with E-state index in [-0.39, 0.29) is 17.8 Å². The molecule has 1 atom stereocenters. The Hall–Kier alpha value is -2.44. The van der Waals surface area contributed by atoms with E-state index in [1.165, 1.54) is 0 Å². The third-order valence-electron chi connectivity index (χ3n) is 4.15. The maximum Gasteiger partial charge on any atom is 0.256 e. The zero-order valence-electron chi connectivity index (χ0n) is 13.6. The van der Waals surface area contributed by atoms with Crippen LogP contribution in [0.5, 0.6) is 11.5 Å². The number of aromatic hydroxyl groups is 1. The number of anilines is 1. The molecule has 2 aliphatic heterocycles. The van der Waals surface area contributed by atoms with Crippen LogP contribution >= 0.6 is 11.8 Å². The van der Waals surface area contributed by atoms with Crippen molar-refractivity contribution in [2.75, 3.05) is 24.8 Å². The number of fused-ring (bicyclic) bond motifs is 1. The van der Waals surface area contributed by atoms with Gasteiger partial charge in [-0.3, -0.25) is 4.79 Å². The predicted octanol–water partition coefficient (Wildman–Crippen LogP) is 3.38. The fraction of sp³-hybridized carbons (Fsp3) is 0.211. The summed E-state index contributed by atoms with van der Waals surface area (Å²) in [7, 11) is 0. The van der Waals surface area contributed by atoms with Gasteiger partial charge in [0, 0.05) is 10.5 Å². The Morgan fingerprint density at radius 2 is 2.24 bits per heavy atom. The normalized spacial score (nSPS) is 19.6. The lowest BCUT2D eigenvalue weighted by atomic mass is 10.0. The van der Waals surface area contributed by atoms with Crippen LogP contribution in [-0.2, 0) is 9.53 Å². The molecule has 0 saturated carbocycles. The zero-order chi connectivity index (χ0) is 17.4. The van der Waals surface area contributed by atoms with Crippen LogP contribution < -0.4 is 10.1 Å². The minimum atomic E-state index is -0.206. The molecule has 0 aliphatic carbocycles. The third-order valence-corrected chi connectivity index (χ3v) is 4.88. The maximum atomic E-state index is 12.4. The molecule has 0 aromatic heterocycles. The van der Waals surface area contributed by atoms with Gasteiger partial charge in [-0.2, -0.15) is 0 Å². The Morgan fingerprint density at radius 1 is 1.40 bits per heavy atom. The van der Waals surface area contributed by atoms with Crippen LogP contribution in [0.3, 0.4) is 0 Å². The molecule has 25 heavy (non-hydrogen) atoms. The van der Waals surface area contributed by atoms with E-state index in [1.54, 1.807) is 30.0 Å². The highest BCUT2D eigenvalue weighted by molar-refractivity contribution is 7.98. The van der Waals surface area contributed by atoms with Crippen molar-refractivity contribution in [2.24, 2.45) is 0 Å². The maximum absolute atomic E-state index is 12.4. The van der Waals surface area contributed by atoms with Gasteiger partial charge in [-0.05, 0) is 36.6 Å². The van der Waals surface area contributed by atoms with Crippen LogP contribution in [-0.4, -0.2) is 36.6 Å². The number of hydrogen-bond acceptors (Lipinski definition) is 5. The predicted molar refractivity (Wildman–Crippen MR) is 98.1 cm³/mol. The fourth-order valence-electron chi connectivity index (χ4n) is 2.75. The molecule has 1 unspecified atom stereocenters. The summed E-state index contributed by atoms with van der Waals surface area (Å²) in [6.07, 6.45) is 3.78. The summed E-state index contributed by atoms with van der Waals surface area (Å²) in [5.41, 5.74) is 2.51. The number of nitrogens with one attached hydrogen (secondary N) is 1. The van der Waals surface area contributed by atoms with Gasteiger partial charge < -0.3 is 19.9 Å². The first-order valence-electron chi connectivity index (χ1n) is 7.93. The molecule has 1 saturated heterocycles. The van der Waals surface area contributed by atoms with Gasteiger partial charge in [0.25, 0.3) is 5.91 Å². The fourth-order valence-corrected chi connectivity index (χ4v) is 3.18. The Kier molecular flexibility index (Phi) is 4.15. The first-order chi connectivity index (χ1) is 12.2. The quantitative estimate of drug-likeness (QED) is 0.489. The number of rotatable bonds is 5. The number of phenolic OH excluding ortho intramolecular Hbond substituents is 1. The number of carbonyl (C=O) groups is 1. The second-order valence-corrected chi connectivity index (χ2v) is 6.76. The van der Waals surface area contributed by atoms with E-state index in [0.29, 0.717) is 35.8 Å². The molecule has 2 aliphatic rings.